The van der Waals surface area contributed by atoms with Crippen molar-refractivity contribution in [3.05, 3.63) is 58.3 Å². The van der Waals surface area contributed by atoms with Crippen molar-refractivity contribution in [1.82, 2.24) is 14.5 Å². The van der Waals surface area contributed by atoms with Crippen LogP contribution in [0.25, 0.3) is 0 Å². The minimum absolute atomic E-state index is 0.225. The quantitative estimate of drug-likeness (QED) is 0.892. The zero-order chi connectivity index (χ0) is 13.8. The lowest BCUT2D eigenvalue weighted by atomic mass is 10.2. The molecule has 0 saturated heterocycles. The van der Waals surface area contributed by atoms with Crippen molar-refractivity contribution in [2.75, 3.05) is 14.1 Å². The van der Waals surface area contributed by atoms with E-state index < -0.39 is 0 Å². The highest BCUT2D eigenvalue weighted by Crippen LogP contribution is 2.10. The predicted octanol–water partition coefficient (Wildman–Crippen LogP) is 1.06. The summed E-state index contributed by atoms with van der Waals surface area (Å²) in [5, 5.41) is 9.58. The second-order valence-electron chi connectivity index (χ2n) is 4.74. The molecule has 0 bridgehead atoms. The first-order valence-corrected chi connectivity index (χ1v) is 6.02. The summed E-state index contributed by atoms with van der Waals surface area (Å²) >= 11 is 0. The molecule has 0 aliphatic carbocycles. The van der Waals surface area contributed by atoms with Gasteiger partial charge in [0.15, 0.2) is 5.75 Å². The first-order valence-electron chi connectivity index (χ1n) is 6.02. The molecule has 0 atom stereocenters. The molecule has 1 N–H and O–H groups in total. The van der Waals surface area contributed by atoms with Crippen LogP contribution in [0, 0.1) is 0 Å². The molecule has 0 aromatic carbocycles. The van der Waals surface area contributed by atoms with Gasteiger partial charge < -0.3 is 14.6 Å². The lowest BCUT2D eigenvalue weighted by Gasteiger charge is -2.17. The molecular weight excluding hydrogens is 242 g/mol. The number of nitrogens with zero attached hydrogens (tertiary/aromatic N) is 3. The molecule has 0 unspecified atom stereocenters. The van der Waals surface area contributed by atoms with Gasteiger partial charge in [0.25, 0.3) is 0 Å². The van der Waals surface area contributed by atoms with E-state index in [9.17, 15) is 9.90 Å². The van der Waals surface area contributed by atoms with Gasteiger partial charge in [-0.05, 0) is 31.8 Å². The third-order valence-corrected chi connectivity index (χ3v) is 2.78. The summed E-state index contributed by atoms with van der Waals surface area (Å²) in [4.78, 5) is 17.5. The molecule has 0 amide bonds. The number of rotatable bonds is 4. The van der Waals surface area contributed by atoms with Gasteiger partial charge in [-0.25, -0.2) is 0 Å². The first-order chi connectivity index (χ1) is 9.06. The SMILES string of the molecule is CN(C)Cc1cc(=O)c(O)cn1Cc1ccncc1. The highest BCUT2D eigenvalue weighted by molar-refractivity contribution is 5.22. The Labute approximate surface area is 111 Å². The fourth-order valence-electron chi connectivity index (χ4n) is 1.89. The summed E-state index contributed by atoms with van der Waals surface area (Å²) in [5.74, 6) is -0.225. The molecule has 5 heteroatoms. The standard InChI is InChI=1S/C14H17N3O2/c1-16(2)9-12-7-13(18)14(19)10-17(12)8-11-3-5-15-6-4-11/h3-7,10,19H,8-9H2,1-2H3. The van der Waals surface area contributed by atoms with Crippen LogP contribution in [0.2, 0.25) is 0 Å². The Bertz CT molecular complexity index is 606. The van der Waals surface area contributed by atoms with Crippen LogP contribution in [0.1, 0.15) is 11.3 Å². The van der Waals surface area contributed by atoms with E-state index in [4.69, 9.17) is 0 Å². The molecule has 0 radical (unpaired) electrons. The Hall–Kier alpha value is -2.14. The Balaban J connectivity index is 2.37. The van der Waals surface area contributed by atoms with Crippen molar-refractivity contribution in [2.24, 2.45) is 0 Å². The van der Waals surface area contributed by atoms with Crippen molar-refractivity contribution in [1.29, 1.82) is 0 Å². The van der Waals surface area contributed by atoms with Gasteiger partial charge in [-0.1, -0.05) is 0 Å². The van der Waals surface area contributed by atoms with Gasteiger partial charge in [0, 0.05) is 37.2 Å². The van der Waals surface area contributed by atoms with Crippen LogP contribution in [0.15, 0.2) is 41.6 Å². The van der Waals surface area contributed by atoms with Gasteiger partial charge in [-0.15, -0.1) is 0 Å². The van der Waals surface area contributed by atoms with Gasteiger partial charge in [-0.2, -0.15) is 0 Å². The topological polar surface area (TPSA) is 58.4 Å². The second kappa shape index (κ2) is 5.67. The van der Waals surface area contributed by atoms with E-state index >= 15 is 0 Å². The van der Waals surface area contributed by atoms with Crippen molar-refractivity contribution in [3.63, 3.8) is 0 Å². The van der Waals surface area contributed by atoms with E-state index in [1.807, 2.05) is 35.7 Å². The number of pyridine rings is 2. The number of aromatic nitrogens is 2. The van der Waals surface area contributed by atoms with Crippen LogP contribution >= 0.6 is 0 Å². The Morgan fingerprint density at radius 2 is 2.00 bits per heavy atom. The van der Waals surface area contributed by atoms with Crippen molar-refractivity contribution in [3.8, 4) is 5.75 Å². The zero-order valence-corrected chi connectivity index (χ0v) is 11.1. The van der Waals surface area contributed by atoms with Crippen LogP contribution in [0.5, 0.6) is 5.75 Å². The fourth-order valence-corrected chi connectivity index (χ4v) is 1.89. The number of hydrogen-bond acceptors (Lipinski definition) is 4. The summed E-state index contributed by atoms with van der Waals surface area (Å²) in [6.45, 7) is 1.24. The summed E-state index contributed by atoms with van der Waals surface area (Å²) in [6.07, 6.45) is 4.94. The highest BCUT2D eigenvalue weighted by Gasteiger charge is 2.07. The zero-order valence-electron chi connectivity index (χ0n) is 11.1. The van der Waals surface area contributed by atoms with Gasteiger partial charge in [0.2, 0.25) is 5.43 Å². The lowest BCUT2D eigenvalue weighted by molar-refractivity contribution is 0.384. The monoisotopic (exact) mass is 259 g/mol. The van der Waals surface area contributed by atoms with Crippen molar-refractivity contribution in [2.45, 2.75) is 13.1 Å². The second-order valence-corrected chi connectivity index (χ2v) is 4.74. The molecule has 2 aromatic rings. The number of aromatic hydroxyl groups is 1. The average molecular weight is 259 g/mol. The van der Waals surface area contributed by atoms with Crippen LogP contribution in [0.4, 0.5) is 0 Å². The maximum atomic E-state index is 11.5. The van der Waals surface area contributed by atoms with Gasteiger partial charge in [-0.3, -0.25) is 9.78 Å². The van der Waals surface area contributed by atoms with E-state index in [1.54, 1.807) is 12.4 Å². The van der Waals surface area contributed by atoms with Crippen molar-refractivity contribution >= 4 is 0 Å². The van der Waals surface area contributed by atoms with E-state index in [-0.39, 0.29) is 11.2 Å². The molecule has 0 aliphatic heterocycles. The Morgan fingerprint density at radius 3 is 2.63 bits per heavy atom. The summed E-state index contributed by atoms with van der Waals surface area (Å²) in [6, 6.07) is 5.31. The molecule has 0 saturated carbocycles. The van der Waals surface area contributed by atoms with Crippen LogP contribution < -0.4 is 5.43 Å². The molecule has 5 nitrogen and oxygen atoms in total. The van der Waals surface area contributed by atoms with Crippen molar-refractivity contribution < 1.29 is 5.11 Å². The van der Waals surface area contributed by atoms with E-state index in [1.165, 1.54) is 12.3 Å². The molecule has 100 valence electrons. The molecule has 19 heavy (non-hydrogen) atoms. The largest absolute Gasteiger partial charge is 0.503 e. The Morgan fingerprint density at radius 1 is 1.32 bits per heavy atom. The normalized spacial score (nSPS) is 10.9. The van der Waals surface area contributed by atoms with Crippen LogP contribution in [-0.2, 0) is 13.1 Å². The predicted molar refractivity (Wildman–Crippen MR) is 73.1 cm³/mol. The van der Waals surface area contributed by atoms with E-state index in [2.05, 4.69) is 4.98 Å². The Kier molecular flexibility index (Phi) is 3.97. The molecule has 2 heterocycles. The van der Waals surface area contributed by atoms with Gasteiger partial charge in [0.1, 0.15) is 0 Å². The van der Waals surface area contributed by atoms with Gasteiger partial charge >= 0.3 is 0 Å². The third kappa shape index (κ3) is 3.42. The lowest BCUT2D eigenvalue weighted by Crippen LogP contribution is -2.19. The average Bonchev–Trinajstić information content (AvgIpc) is 2.36. The van der Waals surface area contributed by atoms with Crippen LogP contribution in [0.3, 0.4) is 0 Å². The summed E-state index contributed by atoms with van der Waals surface area (Å²) < 4.78 is 1.88. The van der Waals surface area contributed by atoms with E-state index in [0.717, 1.165) is 11.3 Å². The number of hydrogen-bond donors (Lipinski definition) is 1. The summed E-state index contributed by atoms with van der Waals surface area (Å²) in [5.41, 5.74) is 1.59. The van der Waals surface area contributed by atoms with Crippen LogP contribution in [-0.4, -0.2) is 33.7 Å². The maximum Gasteiger partial charge on any atom is 0.223 e. The fraction of sp³-hybridized carbons (Fsp3) is 0.286. The molecule has 0 spiro atoms. The molecule has 0 aliphatic rings. The summed E-state index contributed by atoms with van der Waals surface area (Å²) in [7, 11) is 3.88. The first kappa shape index (κ1) is 13.3. The third-order valence-electron chi connectivity index (χ3n) is 2.78. The molecule has 2 rings (SSSR count). The molecule has 2 aromatic heterocycles. The smallest absolute Gasteiger partial charge is 0.223 e. The van der Waals surface area contributed by atoms with Gasteiger partial charge in [0.05, 0.1) is 6.20 Å². The maximum absolute atomic E-state index is 11.5. The molecular formula is C14H17N3O2. The molecule has 0 fully saturated rings. The highest BCUT2D eigenvalue weighted by atomic mass is 16.3. The minimum atomic E-state index is -0.345. The minimum Gasteiger partial charge on any atom is -0.503 e. The van der Waals surface area contributed by atoms with E-state index in [0.29, 0.717) is 13.1 Å².